The Balaban J connectivity index is 1.59. The molecule has 1 saturated carbocycles. The number of rotatable bonds is 6. The number of aromatic nitrogens is 1. The number of pyridine rings is 1. The minimum atomic E-state index is -1.72. The average molecular weight is 453 g/mol. The molecule has 1 aromatic carbocycles. The van der Waals surface area contributed by atoms with Crippen LogP contribution in [0.2, 0.25) is 0 Å². The summed E-state index contributed by atoms with van der Waals surface area (Å²) >= 11 is 0. The lowest BCUT2D eigenvalue weighted by Crippen LogP contribution is -2.31. The third-order valence-electron chi connectivity index (χ3n) is 6.28. The van der Waals surface area contributed by atoms with Crippen LogP contribution in [-0.4, -0.2) is 61.0 Å². The number of nitrogens with zero attached hydrogens (tertiary/aromatic N) is 2. The second-order valence-corrected chi connectivity index (χ2v) is 8.51. The van der Waals surface area contributed by atoms with E-state index >= 15 is 4.39 Å². The molecule has 1 saturated heterocycles. The van der Waals surface area contributed by atoms with Gasteiger partial charge in [0.1, 0.15) is 25.1 Å². The lowest BCUT2D eigenvalue weighted by atomic mass is 10.1. The second kappa shape index (κ2) is 7.88. The predicted octanol–water partition coefficient (Wildman–Crippen LogP) is 2.63. The van der Waals surface area contributed by atoms with E-state index in [1.165, 1.54) is 4.57 Å². The van der Waals surface area contributed by atoms with Crippen molar-refractivity contribution in [3.05, 3.63) is 28.3 Å². The van der Waals surface area contributed by atoms with Crippen LogP contribution in [0.5, 0.6) is 11.5 Å². The van der Waals surface area contributed by atoms with Crippen molar-refractivity contribution in [3.63, 3.8) is 0 Å². The maximum Gasteiger partial charge on any atom is 0.511 e. The summed E-state index contributed by atoms with van der Waals surface area (Å²) < 4.78 is 55.2. The highest BCUT2D eigenvalue weighted by Gasteiger charge is 2.38. The van der Waals surface area contributed by atoms with E-state index in [4.69, 9.17) is 9.84 Å². The van der Waals surface area contributed by atoms with Gasteiger partial charge in [0.15, 0.2) is 17.3 Å². The fraction of sp³-hybridized carbons (Fsp3) is 0.524. The maximum absolute atomic E-state index is 15.3. The van der Waals surface area contributed by atoms with Gasteiger partial charge in [-0.05, 0) is 18.9 Å². The van der Waals surface area contributed by atoms with Gasteiger partial charge in [-0.15, -0.1) is 0 Å². The third kappa shape index (κ3) is 3.54. The van der Waals surface area contributed by atoms with Gasteiger partial charge in [-0.2, -0.15) is 0 Å². The Labute approximate surface area is 180 Å². The Kier molecular flexibility index (Phi) is 5.15. The number of halogens is 3. The number of benzene rings is 1. The molecule has 3 atom stereocenters. The molecule has 0 amide bonds. The number of hydrogen-bond donors (Lipinski definition) is 2. The first kappa shape index (κ1) is 20.9. The van der Waals surface area contributed by atoms with Gasteiger partial charge >= 0.3 is 6.16 Å². The van der Waals surface area contributed by atoms with Crippen molar-refractivity contribution in [2.24, 2.45) is 5.92 Å². The summed E-state index contributed by atoms with van der Waals surface area (Å²) in [6, 6.07) is 0.518. The first-order valence-electron chi connectivity index (χ1n) is 10.5. The molecule has 32 heavy (non-hydrogen) atoms. The zero-order chi connectivity index (χ0) is 22.6. The zero-order valence-electron chi connectivity index (χ0n) is 17.0. The lowest BCUT2D eigenvalue weighted by molar-refractivity contribution is 0.143. The molecule has 5 rings (SSSR count). The molecule has 3 aliphatic rings. The SMILES string of the molecule is O=C(O)Oc1cn2c3c(c(N4C[C@H](CNC5CC5)[C@H](F)C4)c(F)cc3c1=O)OC[C@@H]2CF. The van der Waals surface area contributed by atoms with Crippen LogP contribution in [0.1, 0.15) is 18.9 Å². The fourth-order valence-corrected chi connectivity index (χ4v) is 4.49. The standard InChI is InChI=1S/C21H22F3N3O5/c22-4-12-9-31-20-17-13(19(28)16(8-27(12)17)32-21(29)30)3-14(23)18(20)26-6-10(15(24)7-26)5-25-11-1-2-11/h3,8,10-12,15,25H,1-2,4-7,9H2,(H,29,30)/t10-,12-,15+/m0/s1. The molecule has 2 aromatic rings. The number of hydrogen-bond acceptors (Lipinski definition) is 6. The highest BCUT2D eigenvalue weighted by Crippen LogP contribution is 2.44. The number of carboxylic acid groups (broad SMARTS) is 1. The van der Waals surface area contributed by atoms with Gasteiger partial charge in [0.05, 0.1) is 23.1 Å². The van der Waals surface area contributed by atoms with Crippen LogP contribution in [0.15, 0.2) is 17.1 Å². The Morgan fingerprint density at radius 3 is 2.81 bits per heavy atom. The Hall–Kier alpha value is -2.95. The molecule has 172 valence electrons. The molecular weight excluding hydrogens is 431 g/mol. The molecule has 8 nitrogen and oxygen atoms in total. The molecule has 3 heterocycles. The Morgan fingerprint density at radius 1 is 1.34 bits per heavy atom. The molecule has 2 N–H and O–H groups in total. The van der Waals surface area contributed by atoms with E-state index in [1.54, 1.807) is 4.90 Å². The van der Waals surface area contributed by atoms with Crippen LogP contribution in [0.3, 0.4) is 0 Å². The molecule has 0 unspecified atom stereocenters. The summed E-state index contributed by atoms with van der Waals surface area (Å²) in [7, 11) is 0. The smallest absolute Gasteiger partial charge is 0.487 e. The van der Waals surface area contributed by atoms with E-state index in [9.17, 15) is 18.4 Å². The van der Waals surface area contributed by atoms with E-state index in [0.29, 0.717) is 12.6 Å². The van der Waals surface area contributed by atoms with Crippen molar-refractivity contribution < 1.29 is 32.5 Å². The number of alkyl halides is 2. The predicted molar refractivity (Wildman–Crippen MR) is 109 cm³/mol. The summed E-state index contributed by atoms with van der Waals surface area (Å²) in [6.45, 7) is -0.312. The van der Waals surface area contributed by atoms with E-state index in [0.717, 1.165) is 25.1 Å². The highest BCUT2D eigenvalue weighted by atomic mass is 19.1. The summed E-state index contributed by atoms with van der Waals surface area (Å²) in [4.78, 5) is 25.3. The molecule has 11 heteroatoms. The van der Waals surface area contributed by atoms with Gasteiger partial charge in [0, 0.05) is 31.6 Å². The van der Waals surface area contributed by atoms with E-state index in [2.05, 4.69) is 10.1 Å². The van der Waals surface area contributed by atoms with Gasteiger partial charge in [-0.1, -0.05) is 0 Å². The molecule has 0 spiro atoms. The van der Waals surface area contributed by atoms with Crippen molar-refractivity contribution in [2.75, 3.05) is 37.8 Å². The van der Waals surface area contributed by atoms with Crippen molar-refractivity contribution in [2.45, 2.75) is 31.1 Å². The molecule has 1 aromatic heterocycles. The van der Waals surface area contributed by atoms with E-state index in [-0.39, 0.29) is 48.0 Å². The molecule has 0 radical (unpaired) electrons. The fourth-order valence-electron chi connectivity index (χ4n) is 4.49. The van der Waals surface area contributed by atoms with Crippen LogP contribution in [0.4, 0.5) is 23.7 Å². The Morgan fingerprint density at radius 2 is 2.12 bits per heavy atom. The molecular formula is C21H22F3N3O5. The summed E-state index contributed by atoms with van der Waals surface area (Å²) in [5, 5.41) is 12.0. The van der Waals surface area contributed by atoms with Gasteiger partial charge in [0.25, 0.3) is 0 Å². The van der Waals surface area contributed by atoms with Gasteiger partial charge < -0.3 is 29.4 Å². The van der Waals surface area contributed by atoms with Crippen molar-refractivity contribution in [3.8, 4) is 11.5 Å². The third-order valence-corrected chi connectivity index (χ3v) is 6.28. The minimum Gasteiger partial charge on any atom is -0.487 e. The van der Waals surface area contributed by atoms with Crippen LogP contribution < -0.4 is 25.1 Å². The Bertz CT molecular complexity index is 1140. The molecule has 2 fully saturated rings. The molecule has 1 aliphatic carbocycles. The topological polar surface area (TPSA) is 93.0 Å². The zero-order valence-corrected chi connectivity index (χ0v) is 17.0. The first-order chi connectivity index (χ1) is 15.4. The van der Waals surface area contributed by atoms with Crippen molar-refractivity contribution >= 4 is 22.7 Å². The van der Waals surface area contributed by atoms with Crippen LogP contribution in [0.25, 0.3) is 10.9 Å². The van der Waals surface area contributed by atoms with E-state index < -0.39 is 42.0 Å². The number of nitrogens with one attached hydrogen (secondary N) is 1. The highest BCUT2D eigenvalue weighted by molar-refractivity contribution is 5.93. The van der Waals surface area contributed by atoms with Crippen molar-refractivity contribution in [1.29, 1.82) is 0 Å². The van der Waals surface area contributed by atoms with Crippen molar-refractivity contribution in [1.82, 2.24) is 9.88 Å². The maximum atomic E-state index is 15.3. The van der Waals surface area contributed by atoms with Gasteiger partial charge in [-0.3, -0.25) is 4.79 Å². The average Bonchev–Trinajstić information content (AvgIpc) is 3.51. The minimum absolute atomic E-state index is 0.0198. The summed E-state index contributed by atoms with van der Waals surface area (Å²) in [6.07, 6.45) is 0.365. The lowest BCUT2D eigenvalue weighted by Gasteiger charge is -2.31. The summed E-state index contributed by atoms with van der Waals surface area (Å²) in [5.74, 6) is -1.66. The number of ether oxygens (including phenoxy) is 2. The van der Waals surface area contributed by atoms with Gasteiger partial charge in [-0.25, -0.2) is 18.0 Å². The van der Waals surface area contributed by atoms with Gasteiger partial charge in [0.2, 0.25) is 5.43 Å². The number of carbonyl (C=O) groups is 1. The van der Waals surface area contributed by atoms with Crippen LogP contribution >= 0.6 is 0 Å². The number of anilines is 1. The summed E-state index contributed by atoms with van der Waals surface area (Å²) in [5.41, 5.74) is -0.704. The normalized spacial score (nSPS) is 24.6. The van der Waals surface area contributed by atoms with E-state index in [1.807, 2.05) is 0 Å². The second-order valence-electron chi connectivity index (χ2n) is 8.51. The monoisotopic (exact) mass is 453 g/mol. The quantitative estimate of drug-likeness (QED) is 0.650. The molecule has 2 aliphatic heterocycles. The first-order valence-corrected chi connectivity index (χ1v) is 10.5. The largest absolute Gasteiger partial charge is 0.511 e. The molecule has 0 bridgehead atoms. The van der Waals surface area contributed by atoms with Crippen LogP contribution in [0, 0.1) is 11.7 Å². The van der Waals surface area contributed by atoms with Crippen LogP contribution in [-0.2, 0) is 0 Å².